The Bertz CT molecular complexity index is 436. The summed E-state index contributed by atoms with van der Waals surface area (Å²) in [5.41, 5.74) is -1.28. The number of alkyl halides is 3. The molecule has 0 aromatic heterocycles. The number of ketones is 1. The van der Waals surface area contributed by atoms with Crippen LogP contribution in [-0.4, -0.2) is 12.4 Å². The largest absolute Gasteiger partial charge is 0.494 e. The summed E-state index contributed by atoms with van der Waals surface area (Å²) in [6.07, 6.45) is -4.56. The van der Waals surface area contributed by atoms with Gasteiger partial charge in [-0.1, -0.05) is 0 Å². The Morgan fingerprint density at radius 1 is 1.35 bits per heavy atom. The maximum absolute atomic E-state index is 12.9. The van der Waals surface area contributed by atoms with E-state index in [0.717, 1.165) is 13.0 Å². The highest BCUT2D eigenvalue weighted by Crippen LogP contribution is 2.38. The Morgan fingerprint density at radius 2 is 1.94 bits per heavy atom. The van der Waals surface area contributed by atoms with Gasteiger partial charge in [-0.25, -0.2) is 0 Å². The van der Waals surface area contributed by atoms with Crippen LogP contribution in [-0.2, 0) is 6.18 Å². The highest BCUT2D eigenvalue weighted by atomic mass is 19.4. The molecule has 0 aliphatic carbocycles. The molecule has 0 atom stereocenters. The molecule has 0 fully saturated rings. The van der Waals surface area contributed by atoms with E-state index in [1.165, 1.54) is 13.0 Å². The molecule has 0 amide bonds. The van der Waals surface area contributed by atoms with Crippen LogP contribution in [0.1, 0.15) is 35.3 Å². The molecule has 5 heteroatoms. The fourth-order valence-electron chi connectivity index (χ4n) is 1.66. The van der Waals surface area contributed by atoms with E-state index in [1.807, 2.05) is 0 Å². The van der Waals surface area contributed by atoms with Crippen LogP contribution >= 0.6 is 0 Å². The number of benzene rings is 1. The van der Waals surface area contributed by atoms with Crippen molar-refractivity contribution < 1.29 is 22.7 Å². The molecule has 1 aromatic carbocycles. The normalized spacial score (nSPS) is 11.4. The minimum absolute atomic E-state index is 0.0490. The molecule has 94 valence electrons. The summed E-state index contributed by atoms with van der Waals surface area (Å²) < 4.78 is 43.7. The lowest BCUT2D eigenvalue weighted by Gasteiger charge is -2.17. The van der Waals surface area contributed by atoms with Gasteiger partial charge in [0.2, 0.25) is 0 Å². The lowest BCUT2D eigenvalue weighted by Crippen LogP contribution is -2.15. The molecule has 0 heterocycles. The van der Waals surface area contributed by atoms with Gasteiger partial charge < -0.3 is 4.74 Å². The van der Waals surface area contributed by atoms with Crippen molar-refractivity contribution in [3.05, 3.63) is 28.8 Å². The van der Waals surface area contributed by atoms with Crippen molar-refractivity contribution in [1.82, 2.24) is 0 Å². The standard InChI is InChI=1S/C12H13F3O2/c1-4-17-10-6-5-9(8(3)16)11(7(10)2)12(13,14)15/h5-6H,4H2,1-3H3. The Kier molecular flexibility index (Phi) is 3.80. The van der Waals surface area contributed by atoms with E-state index in [1.54, 1.807) is 6.92 Å². The summed E-state index contributed by atoms with van der Waals surface area (Å²) in [4.78, 5) is 11.2. The van der Waals surface area contributed by atoms with E-state index >= 15 is 0 Å². The van der Waals surface area contributed by atoms with Crippen molar-refractivity contribution in [2.75, 3.05) is 6.61 Å². The third-order valence-electron chi connectivity index (χ3n) is 2.38. The molecule has 0 unspecified atom stereocenters. The summed E-state index contributed by atoms with van der Waals surface area (Å²) in [6.45, 7) is 4.38. The number of carbonyl (C=O) groups excluding carboxylic acids is 1. The van der Waals surface area contributed by atoms with Crippen molar-refractivity contribution in [2.45, 2.75) is 26.9 Å². The smallest absolute Gasteiger partial charge is 0.417 e. The van der Waals surface area contributed by atoms with Gasteiger partial charge in [-0.05, 0) is 32.9 Å². The van der Waals surface area contributed by atoms with Gasteiger partial charge in [-0.3, -0.25) is 4.79 Å². The third kappa shape index (κ3) is 2.78. The first-order valence-electron chi connectivity index (χ1n) is 5.13. The molecular formula is C12H13F3O2. The second-order valence-corrected chi connectivity index (χ2v) is 3.60. The van der Waals surface area contributed by atoms with Gasteiger partial charge in [0, 0.05) is 11.1 Å². The van der Waals surface area contributed by atoms with Crippen molar-refractivity contribution in [2.24, 2.45) is 0 Å². The number of carbonyl (C=O) groups is 1. The molecule has 1 rings (SSSR count). The molecule has 2 nitrogen and oxygen atoms in total. The fraction of sp³-hybridized carbons (Fsp3) is 0.417. The predicted molar refractivity (Wildman–Crippen MR) is 57.4 cm³/mol. The Balaban J connectivity index is 3.48. The van der Waals surface area contributed by atoms with Crippen LogP contribution in [0.5, 0.6) is 5.75 Å². The number of halogens is 3. The number of hydrogen-bond donors (Lipinski definition) is 0. The zero-order valence-corrected chi connectivity index (χ0v) is 9.81. The maximum Gasteiger partial charge on any atom is 0.417 e. The van der Waals surface area contributed by atoms with Crippen molar-refractivity contribution in [3.63, 3.8) is 0 Å². The number of Topliss-reactive ketones (excluding diaryl/α,β-unsaturated/α-hetero) is 1. The van der Waals surface area contributed by atoms with Gasteiger partial charge in [0.25, 0.3) is 0 Å². The van der Waals surface area contributed by atoms with E-state index in [2.05, 4.69) is 0 Å². The van der Waals surface area contributed by atoms with E-state index < -0.39 is 17.5 Å². The average molecular weight is 246 g/mol. The van der Waals surface area contributed by atoms with E-state index in [4.69, 9.17) is 4.74 Å². The van der Waals surface area contributed by atoms with Crippen LogP contribution in [0.15, 0.2) is 12.1 Å². The SMILES string of the molecule is CCOc1ccc(C(C)=O)c(C(F)(F)F)c1C. The lowest BCUT2D eigenvalue weighted by atomic mass is 9.98. The minimum Gasteiger partial charge on any atom is -0.494 e. The Hall–Kier alpha value is -1.52. The molecule has 0 saturated heterocycles. The molecule has 1 aromatic rings. The highest BCUT2D eigenvalue weighted by molar-refractivity contribution is 5.96. The minimum atomic E-state index is -4.56. The van der Waals surface area contributed by atoms with Gasteiger partial charge in [-0.15, -0.1) is 0 Å². The van der Waals surface area contributed by atoms with E-state index in [0.29, 0.717) is 0 Å². The molecule has 0 bridgehead atoms. The van der Waals surface area contributed by atoms with Gasteiger partial charge in [0.15, 0.2) is 5.78 Å². The Labute approximate surface area is 97.4 Å². The second kappa shape index (κ2) is 4.77. The van der Waals surface area contributed by atoms with Crippen molar-refractivity contribution in [3.8, 4) is 5.75 Å². The van der Waals surface area contributed by atoms with Crippen LogP contribution < -0.4 is 4.74 Å². The maximum atomic E-state index is 12.9. The van der Waals surface area contributed by atoms with Crippen LogP contribution in [0.4, 0.5) is 13.2 Å². The van der Waals surface area contributed by atoms with E-state index in [9.17, 15) is 18.0 Å². The van der Waals surface area contributed by atoms with Gasteiger partial charge in [0.1, 0.15) is 5.75 Å². The molecule has 17 heavy (non-hydrogen) atoms. The van der Waals surface area contributed by atoms with Crippen LogP contribution in [0.2, 0.25) is 0 Å². The predicted octanol–water partition coefficient (Wildman–Crippen LogP) is 3.62. The second-order valence-electron chi connectivity index (χ2n) is 3.60. The summed E-state index contributed by atoms with van der Waals surface area (Å²) in [7, 11) is 0. The topological polar surface area (TPSA) is 26.3 Å². The third-order valence-corrected chi connectivity index (χ3v) is 2.38. The zero-order valence-electron chi connectivity index (χ0n) is 9.81. The molecule has 0 radical (unpaired) electrons. The number of ether oxygens (including phenoxy) is 1. The zero-order chi connectivity index (χ0) is 13.2. The first kappa shape index (κ1) is 13.5. The van der Waals surface area contributed by atoms with Crippen LogP contribution in [0.25, 0.3) is 0 Å². The number of rotatable bonds is 3. The van der Waals surface area contributed by atoms with Crippen LogP contribution in [0, 0.1) is 6.92 Å². The lowest BCUT2D eigenvalue weighted by molar-refractivity contribution is -0.138. The van der Waals surface area contributed by atoms with Crippen molar-refractivity contribution >= 4 is 5.78 Å². The Morgan fingerprint density at radius 3 is 2.35 bits per heavy atom. The van der Waals surface area contributed by atoms with Crippen molar-refractivity contribution in [1.29, 1.82) is 0 Å². The molecule has 0 aliphatic rings. The first-order chi connectivity index (χ1) is 7.79. The average Bonchev–Trinajstić information content (AvgIpc) is 2.18. The summed E-state index contributed by atoms with van der Waals surface area (Å²) in [5, 5.41) is 0. The monoisotopic (exact) mass is 246 g/mol. The molecular weight excluding hydrogens is 233 g/mol. The first-order valence-corrected chi connectivity index (χ1v) is 5.13. The molecule has 0 N–H and O–H groups in total. The quantitative estimate of drug-likeness (QED) is 0.761. The summed E-state index contributed by atoms with van der Waals surface area (Å²) in [5.74, 6) is -0.451. The van der Waals surface area contributed by atoms with Gasteiger partial charge in [0.05, 0.1) is 12.2 Å². The molecule has 0 spiro atoms. The highest BCUT2D eigenvalue weighted by Gasteiger charge is 2.37. The van der Waals surface area contributed by atoms with E-state index in [-0.39, 0.29) is 23.5 Å². The summed E-state index contributed by atoms with van der Waals surface area (Å²) >= 11 is 0. The number of hydrogen-bond acceptors (Lipinski definition) is 2. The summed E-state index contributed by atoms with van der Waals surface area (Å²) in [6, 6.07) is 2.55. The fourth-order valence-corrected chi connectivity index (χ4v) is 1.66. The van der Waals surface area contributed by atoms with Gasteiger partial charge >= 0.3 is 6.18 Å². The van der Waals surface area contributed by atoms with Gasteiger partial charge in [-0.2, -0.15) is 13.2 Å². The molecule has 0 saturated carbocycles. The molecule has 0 aliphatic heterocycles. The van der Waals surface area contributed by atoms with Crippen LogP contribution in [0.3, 0.4) is 0 Å².